The van der Waals surface area contributed by atoms with Crippen molar-refractivity contribution >= 4 is 0 Å². The van der Waals surface area contributed by atoms with Crippen LogP contribution in [0, 0.1) is 16.0 Å². The number of nitrogens with zero attached hydrogens (tertiary/aromatic N) is 5. The van der Waals surface area contributed by atoms with Crippen LogP contribution >= 0.6 is 0 Å². The highest BCUT2D eigenvalue weighted by Crippen LogP contribution is 2.78. The highest BCUT2D eigenvalue weighted by atomic mass is 16.5. The Hall–Kier alpha value is -2.12. The molecule has 4 aliphatic heterocycles. The average Bonchev–Trinajstić information content (AvgIpc) is 2.75. The summed E-state index contributed by atoms with van der Waals surface area (Å²) in [6.07, 6.45) is 7.79. The van der Waals surface area contributed by atoms with Gasteiger partial charge in [-0.05, 0) is 24.4 Å². The lowest BCUT2D eigenvalue weighted by Gasteiger charge is -2.73. The summed E-state index contributed by atoms with van der Waals surface area (Å²) in [6.45, 7) is 0. The third-order valence-electron chi connectivity index (χ3n) is 7.50. The topological polar surface area (TPSA) is 87.4 Å². The Morgan fingerprint density at radius 1 is 1.13 bits per heavy atom. The number of rotatable bonds is 0. The van der Waals surface area contributed by atoms with Gasteiger partial charge in [-0.25, -0.2) is 23.5 Å². The van der Waals surface area contributed by atoms with Crippen LogP contribution in [0.1, 0.15) is 37.8 Å². The van der Waals surface area contributed by atoms with Gasteiger partial charge in [-0.3, -0.25) is 0 Å². The van der Waals surface area contributed by atoms with Gasteiger partial charge >= 0.3 is 11.4 Å². The zero-order chi connectivity index (χ0) is 15.7. The van der Waals surface area contributed by atoms with Crippen LogP contribution in [0.5, 0.6) is 0 Å². The van der Waals surface area contributed by atoms with Crippen LogP contribution in [-0.4, -0.2) is 30.9 Å². The Bertz CT molecular complexity index is 951. The molecule has 23 heavy (non-hydrogen) atoms. The van der Waals surface area contributed by atoms with Crippen molar-refractivity contribution in [1.29, 1.82) is 0 Å². The van der Waals surface area contributed by atoms with Gasteiger partial charge < -0.3 is 5.21 Å². The van der Waals surface area contributed by atoms with Gasteiger partial charge in [0.15, 0.2) is 6.04 Å². The lowest BCUT2D eigenvalue weighted by molar-refractivity contribution is -0.635. The predicted octanol–water partition coefficient (Wildman–Crippen LogP) is 0.288. The molecular weight excluding hydrogens is 298 g/mol. The number of hydroxylamine groups is 1. The zero-order valence-corrected chi connectivity index (χ0v) is 12.8. The standard InChI is InChI=1S/C15H17N5O3/c1-17-12(21)18-9-4-5-10(19(18)13(17)22)15-7-6-14(9,15)8-2-3-11(15)20(23)16-8/h4-5,8-11H,2-3,6-7H2,1H3/t8?,9-,10?,11+,14?,15+/m0/s1. The molecule has 3 unspecified atom stereocenters. The van der Waals surface area contributed by atoms with Crippen LogP contribution in [0.25, 0.3) is 0 Å². The van der Waals surface area contributed by atoms with Crippen molar-refractivity contribution in [2.24, 2.45) is 23.0 Å². The zero-order valence-electron chi connectivity index (χ0n) is 12.8. The first-order chi connectivity index (χ1) is 11.0. The minimum Gasteiger partial charge on any atom is -0.600 e. The molecule has 8 rings (SSSR count). The van der Waals surface area contributed by atoms with E-state index in [0.29, 0.717) is 0 Å². The van der Waals surface area contributed by atoms with Crippen LogP contribution in [0.4, 0.5) is 0 Å². The number of hydrogen-bond donors (Lipinski definition) is 0. The Morgan fingerprint density at radius 2 is 1.74 bits per heavy atom. The van der Waals surface area contributed by atoms with Gasteiger partial charge in [0.1, 0.15) is 6.04 Å². The fourth-order valence-corrected chi connectivity index (χ4v) is 6.65. The van der Waals surface area contributed by atoms with Gasteiger partial charge in [-0.1, -0.05) is 17.0 Å². The quantitative estimate of drug-likeness (QED) is 0.391. The number of fused-ring (bicyclic) bond motifs is 1. The van der Waals surface area contributed by atoms with Gasteiger partial charge in [-0.2, -0.15) is 0 Å². The first-order valence-electron chi connectivity index (χ1n) is 8.29. The van der Waals surface area contributed by atoms with Crippen LogP contribution in [0.2, 0.25) is 0 Å². The van der Waals surface area contributed by atoms with Crippen LogP contribution < -0.4 is 11.4 Å². The molecule has 0 radical (unpaired) electrons. The summed E-state index contributed by atoms with van der Waals surface area (Å²) in [7, 11) is 1.53. The van der Waals surface area contributed by atoms with E-state index in [1.807, 2.05) is 0 Å². The van der Waals surface area contributed by atoms with Crippen molar-refractivity contribution in [3.63, 3.8) is 0 Å². The van der Waals surface area contributed by atoms with Gasteiger partial charge in [0.25, 0.3) is 0 Å². The second-order valence-electron chi connectivity index (χ2n) is 7.70. The summed E-state index contributed by atoms with van der Waals surface area (Å²) in [6, 6.07) is -0.572. The van der Waals surface area contributed by atoms with Crippen molar-refractivity contribution in [2.75, 3.05) is 0 Å². The van der Waals surface area contributed by atoms with E-state index in [4.69, 9.17) is 0 Å². The van der Waals surface area contributed by atoms with Crippen molar-refractivity contribution in [3.05, 3.63) is 38.3 Å². The second kappa shape index (κ2) is 3.22. The molecule has 8 nitrogen and oxygen atoms in total. The minimum absolute atomic E-state index is 0.0350. The van der Waals surface area contributed by atoms with Crippen LogP contribution in [0.15, 0.2) is 26.9 Å². The molecule has 1 aromatic heterocycles. The Kier molecular flexibility index (Phi) is 1.73. The SMILES string of the molecule is Cn1c(=O)n2n(c1=O)[C@H]1C=CC2[C@@]23CCC12C1CC[C@H]3[N+]([O-])=N1. The molecule has 0 spiro atoms. The molecule has 0 amide bonds. The van der Waals surface area contributed by atoms with E-state index in [9.17, 15) is 14.8 Å². The summed E-state index contributed by atoms with van der Waals surface area (Å²) in [4.78, 5) is 26.1. The maximum atomic E-state index is 12.6. The summed E-state index contributed by atoms with van der Waals surface area (Å²) < 4.78 is 4.43. The van der Waals surface area contributed by atoms with E-state index in [1.54, 1.807) is 9.36 Å². The second-order valence-corrected chi connectivity index (χ2v) is 7.70. The number of aromatic nitrogens is 3. The minimum atomic E-state index is -0.278. The van der Waals surface area contributed by atoms with E-state index in [2.05, 4.69) is 17.3 Å². The summed E-state index contributed by atoms with van der Waals surface area (Å²) in [5, 5.41) is 16.8. The van der Waals surface area contributed by atoms with Crippen molar-refractivity contribution in [1.82, 2.24) is 13.9 Å². The van der Waals surface area contributed by atoms with E-state index in [1.165, 1.54) is 11.6 Å². The highest BCUT2D eigenvalue weighted by molar-refractivity contribution is 5.34. The fraction of sp³-hybridized carbons (Fsp3) is 0.733. The Labute approximate surface area is 130 Å². The molecule has 3 aliphatic carbocycles. The maximum absolute atomic E-state index is 12.6. The first-order valence-corrected chi connectivity index (χ1v) is 8.29. The molecule has 4 bridgehead atoms. The molecule has 2 saturated carbocycles. The summed E-state index contributed by atoms with van der Waals surface area (Å²) >= 11 is 0. The van der Waals surface area contributed by atoms with Gasteiger partial charge in [0.2, 0.25) is 0 Å². The van der Waals surface area contributed by atoms with E-state index >= 15 is 0 Å². The molecule has 0 N–H and O–H groups in total. The van der Waals surface area contributed by atoms with Crippen molar-refractivity contribution in [3.8, 4) is 0 Å². The maximum Gasteiger partial charge on any atom is 0.347 e. The number of allylic oxidation sites excluding steroid dienone is 2. The fourth-order valence-electron chi connectivity index (χ4n) is 6.65. The lowest BCUT2D eigenvalue weighted by Crippen LogP contribution is -2.78. The number of azo groups is 1. The molecule has 0 aromatic carbocycles. The largest absolute Gasteiger partial charge is 0.600 e. The molecule has 1 aromatic rings. The molecule has 2 fully saturated rings. The molecule has 6 atom stereocenters. The number of hydrogen-bond acceptors (Lipinski definition) is 4. The molecule has 8 heteroatoms. The molecular formula is C15H17N5O3. The smallest absolute Gasteiger partial charge is 0.347 e. The van der Waals surface area contributed by atoms with Crippen LogP contribution in [0.3, 0.4) is 0 Å². The van der Waals surface area contributed by atoms with Crippen LogP contribution in [-0.2, 0) is 7.05 Å². The molecule has 0 saturated heterocycles. The monoisotopic (exact) mass is 315 g/mol. The molecule has 120 valence electrons. The molecule has 7 aliphatic rings. The van der Waals surface area contributed by atoms with E-state index in [-0.39, 0.29) is 46.4 Å². The predicted molar refractivity (Wildman–Crippen MR) is 78.1 cm³/mol. The average molecular weight is 315 g/mol. The third kappa shape index (κ3) is 0.903. The Morgan fingerprint density at radius 3 is 2.30 bits per heavy atom. The van der Waals surface area contributed by atoms with E-state index in [0.717, 1.165) is 30.5 Å². The third-order valence-corrected chi connectivity index (χ3v) is 7.50. The molecule has 5 heterocycles. The van der Waals surface area contributed by atoms with Crippen molar-refractivity contribution in [2.45, 2.75) is 49.9 Å². The van der Waals surface area contributed by atoms with E-state index < -0.39 is 0 Å². The first kappa shape index (κ1) is 12.3. The van der Waals surface area contributed by atoms with Crippen molar-refractivity contribution < 1.29 is 4.86 Å². The van der Waals surface area contributed by atoms with Gasteiger partial charge in [-0.15, -0.1) is 0 Å². The van der Waals surface area contributed by atoms with Gasteiger partial charge in [0, 0.05) is 18.9 Å². The summed E-state index contributed by atoms with van der Waals surface area (Å²) in [5.74, 6) is 0. The highest BCUT2D eigenvalue weighted by Gasteiger charge is 2.82. The Balaban J connectivity index is 1.75. The normalized spacial score (nSPS) is 47.6. The van der Waals surface area contributed by atoms with Gasteiger partial charge in [0.05, 0.1) is 17.5 Å². The lowest BCUT2D eigenvalue weighted by atomic mass is 9.34. The summed E-state index contributed by atoms with van der Waals surface area (Å²) in [5.41, 5.74) is -0.936.